The summed E-state index contributed by atoms with van der Waals surface area (Å²) in [5.74, 6) is -0.0609. The van der Waals surface area contributed by atoms with Gasteiger partial charge < -0.3 is 29.9 Å². The van der Waals surface area contributed by atoms with Crippen molar-refractivity contribution in [1.29, 1.82) is 0 Å². The number of carbonyl (C=O) groups is 4. The Balaban J connectivity index is 1.06. The van der Waals surface area contributed by atoms with Gasteiger partial charge in [-0.15, -0.1) is 0 Å². The van der Waals surface area contributed by atoms with E-state index in [0.717, 1.165) is 25.7 Å². The zero-order valence-electron chi connectivity index (χ0n) is 26.1. The molecule has 2 N–H and O–H groups in total. The summed E-state index contributed by atoms with van der Waals surface area (Å²) in [5, 5.41) is 5.90. The maximum Gasteiger partial charge on any atom is 0.256 e. The molecule has 0 radical (unpaired) electrons. The number of hydrogen-bond acceptors (Lipinski definition) is 9. The molecule has 3 saturated heterocycles. The molecular formula is C33H37N7O6. The number of amides is 4. The quantitative estimate of drug-likeness (QED) is 0.500. The summed E-state index contributed by atoms with van der Waals surface area (Å²) < 4.78 is 11.1. The minimum absolute atomic E-state index is 0.0298. The number of methoxy groups -OCH3 is 2. The number of benzene rings is 2. The summed E-state index contributed by atoms with van der Waals surface area (Å²) in [6.07, 6.45) is 8.14. The Bertz CT molecular complexity index is 1570. The van der Waals surface area contributed by atoms with Gasteiger partial charge in [-0.25, -0.2) is 0 Å². The van der Waals surface area contributed by atoms with Gasteiger partial charge in [-0.05, 0) is 69.8 Å². The van der Waals surface area contributed by atoms with Gasteiger partial charge in [-0.1, -0.05) is 0 Å². The van der Waals surface area contributed by atoms with Gasteiger partial charge in [-0.3, -0.25) is 34.1 Å². The van der Waals surface area contributed by atoms with Crippen molar-refractivity contribution in [3.8, 4) is 11.5 Å². The fraction of sp³-hybridized carbons (Fsp3) is 0.455. The zero-order chi connectivity index (χ0) is 32.1. The van der Waals surface area contributed by atoms with E-state index in [9.17, 15) is 19.2 Å². The Morgan fingerprint density at radius 2 is 1.15 bits per heavy atom. The molecule has 2 unspecified atom stereocenters. The van der Waals surface area contributed by atoms with Crippen LogP contribution in [0.2, 0.25) is 0 Å². The monoisotopic (exact) mass is 627 g/mol. The van der Waals surface area contributed by atoms with E-state index in [0.29, 0.717) is 71.3 Å². The third kappa shape index (κ3) is 5.08. The van der Waals surface area contributed by atoms with Crippen LogP contribution in [0.5, 0.6) is 11.5 Å². The molecule has 0 aromatic heterocycles. The van der Waals surface area contributed by atoms with Crippen molar-refractivity contribution in [2.45, 2.75) is 62.7 Å². The second-order valence-electron chi connectivity index (χ2n) is 12.4. The van der Waals surface area contributed by atoms with Gasteiger partial charge in [0, 0.05) is 25.5 Å². The molecule has 2 aromatic rings. The highest BCUT2D eigenvalue weighted by molar-refractivity contribution is 6.07. The lowest BCUT2D eigenvalue weighted by Crippen LogP contribution is -2.45. The Kier molecular flexibility index (Phi) is 7.71. The van der Waals surface area contributed by atoms with Crippen molar-refractivity contribution in [2.24, 2.45) is 9.98 Å². The summed E-state index contributed by atoms with van der Waals surface area (Å²) in [4.78, 5) is 68.1. The lowest BCUT2D eigenvalue weighted by atomic mass is 10.1. The number of likely N-dealkylation sites (N-methyl/N-ethyl adjacent to an activating group) is 1. The molecule has 13 nitrogen and oxygen atoms in total. The van der Waals surface area contributed by atoms with E-state index in [1.54, 1.807) is 48.6 Å². The van der Waals surface area contributed by atoms with E-state index in [4.69, 9.17) is 9.47 Å². The van der Waals surface area contributed by atoms with Crippen LogP contribution in [0.25, 0.3) is 0 Å². The fourth-order valence-electron chi connectivity index (χ4n) is 7.27. The molecule has 4 amide bonds. The third-order valence-corrected chi connectivity index (χ3v) is 9.81. The van der Waals surface area contributed by atoms with E-state index in [-0.39, 0.29) is 35.7 Å². The van der Waals surface area contributed by atoms with Gasteiger partial charge >= 0.3 is 0 Å². The normalized spacial score (nSPS) is 24.9. The Morgan fingerprint density at radius 1 is 0.717 bits per heavy atom. The number of nitrogens with zero attached hydrogens (tertiary/aromatic N) is 5. The first-order valence-corrected chi connectivity index (χ1v) is 15.8. The molecule has 7 rings (SSSR count). The summed E-state index contributed by atoms with van der Waals surface area (Å²) in [5.41, 5.74) is 2.65. The van der Waals surface area contributed by atoms with Crippen molar-refractivity contribution < 1.29 is 28.7 Å². The molecule has 5 aliphatic heterocycles. The van der Waals surface area contributed by atoms with Crippen LogP contribution in [-0.2, 0) is 9.59 Å². The number of carbonyl (C=O) groups excluding carboxylic acids is 4. The van der Waals surface area contributed by atoms with Crippen LogP contribution in [0.15, 0.2) is 34.3 Å². The molecule has 2 aromatic carbocycles. The van der Waals surface area contributed by atoms with Crippen molar-refractivity contribution in [1.82, 2.24) is 14.7 Å². The molecule has 0 aliphatic carbocycles. The summed E-state index contributed by atoms with van der Waals surface area (Å²) in [7, 11) is 4.73. The van der Waals surface area contributed by atoms with Crippen LogP contribution in [0, 0.1) is 0 Å². The molecule has 46 heavy (non-hydrogen) atoms. The van der Waals surface area contributed by atoms with Gasteiger partial charge in [0.1, 0.15) is 11.5 Å². The van der Waals surface area contributed by atoms with Gasteiger partial charge in [0.05, 0.1) is 72.3 Å². The molecule has 4 atom stereocenters. The molecule has 0 spiro atoms. The van der Waals surface area contributed by atoms with Gasteiger partial charge in [0.2, 0.25) is 11.8 Å². The predicted molar refractivity (Wildman–Crippen MR) is 172 cm³/mol. The highest BCUT2D eigenvalue weighted by atomic mass is 16.5. The maximum absolute atomic E-state index is 13.6. The molecule has 0 bridgehead atoms. The van der Waals surface area contributed by atoms with Gasteiger partial charge in [0.25, 0.3) is 11.8 Å². The Morgan fingerprint density at radius 3 is 1.57 bits per heavy atom. The molecule has 240 valence electrons. The molecule has 13 heteroatoms. The number of hydrogen-bond donors (Lipinski definition) is 2. The first-order valence-electron chi connectivity index (χ1n) is 15.8. The molecule has 3 fully saturated rings. The average molecular weight is 628 g/mol. The minimum atomic E-state index is -0.584. The third-order valence-electron chi connectivity index (χ3n) is 9.81. The van der Waals surface area contributed by atoms with Crippen molar-refractivity contribution in [2.75, 3.05) is 45.0 Å². The summed E-state index contributed by atoms with van der Waals surface area (Å²) in [6, 6.07) is 5.38. The second-order valence-corrected chi connectivity index (χ2v) is 12.4. The first kappa shape index (κ1) is 29.9. The van der Waals surface area contributed by atoms with Gasteiger partial charge in [-0.2, -0.15) is 0 Å². The van der Waals surface area contributed by atoms with Crippen LogP contribution in [-0.4, -0.2) is 109 Å². The van der Waals surface area contributed by atoms with E-state index in [2.05, 4.69) is 20.6 Å². The lowest BCUT2D eigenvalue weighted by Gasteiger charge is -2.25. The van der Waals surface area contributed by atoms with Crippen LogP contribution in [0.3, 0.4) is 0 Å². The number of nitrogens with one attached hydrogen (secondary N) is 2. The average Bonchev–Trinajstić information content (AvgIpc) is 3.79. The Hall–Kier alpha value is -4.78. The first-order chi connectivity index (χ1) is 22.3. The fourth-order valence-corrected chi connectivity index (χ4v) is 7.27. The number of likely N-dealkylation sites (tertiary alicyclic amines) is 1. The van der Waals surface area contributed by atoms with Crippen molar-refractivity contribution in [3.63, 3.8) is 0 Å². The predicted octanol–water partition coefficient (Wildman–Crippen LogP) is 3.38. The van der Waals surface area contributed by atoms with E-state index in [1.165, 1.54) is 14.2 Å². The van der Waals surface area contributed by atoms with Crippen LogP contribution >= 0.6 is 0 Å². The zero-order valence-corrected chi connectivity index (χ0v) is 26.1. The summed E-state index contributed by atoms with van der Waals surface area (Å²) in [6.45, 7) is 1.37. The minimum Gasteiger partial charge on any atom is -0.495 e. The number of anilines is 2. The highest BCUT2D eigenvalue weighted by Gasteiger charge is 2.40. The molecular weight excluding hydrogens is 590 g/mol. The topological polar surface area (TPSA) is 145 Å². The van der Waals surface area contributed by atoms with Crippen LogP contribution in [0.4, 0.5) is 22.7 Å². The number of fused-ring (bicyclic) bond motifs is 4. The SMILES string of the molecule is COc1cc2c(cc1NC(=O)C1CCC(C(=O)Nc3cc4c(cc3OC)C(=O)N3CCC[C@H]3C=N4)N1C)N=C[C@@H]1CCCN1C2=O. The smallest absolute Gasteiger partial charge is 0.256 e. The largest absolute Gasteiger partial charge is 0.495 e. The lowest BCUT2D eigenvalue weighted by molar-refractivity contribution is -0.123. The molecule has 5 heterocycles. The molecule has 0 saturated carbocycles. The van der Waals surface area contributed by atoms with Crippen molar-refractivity contribution in [3.05, 3.63) is 35.4 Å². The number of aliphatic imine (C=N–C) groups is 2. The van der Waals surface area contributed by atoms with Crippen LogP contribution < -0.4 is 20.1 Å². The number of rotatable bonds is 6. The highest BCUT2D eigenvalue weighted by Crippen LogP contribution is 2.39. The van der Waals surface area contributed by atoms with E-state index < -0.39 is 12.1 Å². The van der Waals surface area contributed by atoms with E-state index in [1.807, 2.05) is 9.80 Å². The standard InChI is InChI=1S/C33H37N7O6/c1-38-26(30(41)36-24-14-22-20(12-28(24)45-2)32(43)39-10-4-6-18(39)16-34-22)8-9-27(38)31(42)37-25-15-23-21(13-29(25)46-3)33(44)40-11-5-7-19(40)17-35-23/h12-19,26-27H,4-11H2,1-3H3,(H,36,41)(H,37,42)/t18-,19-,26?,27?/m0/s1. The maximum atomic E-state index is 13.6. The Labute approximate surface area is 266 Å². The van der Waals surface area contributed by atoms with Crippen molar-refractivity contribution >= 4 is 58.8 Å². The summed E-state index contributed by atoms with van der Waals surface area (Å²) >= 11 is 0. The molecule has 5 aliphatic rings. The second kappa shape index (κ2) is 11.9. The van der Waals surface area contributed by atoms with E-state index >= 15 is 0 Å². The van der Waals surface area contributed by atoms with Gasteiger partial charge in [0.15, 0.2) is 0 Å². The number of ether oxygens (including phenoxy) is 2. The van der Waals surface area contributed by atoms with Crippen LogP contribution in [0.1, 0.15) is 59.2 Å².